The summed E-state index contributed by atoms with van der Waals surface area (Å²) < 4.78 is 10.1. The van der Waals surface area contributed by atoms with Gasteiger partial charge in [-0.05, 0) is 12.1 Å². The van der Waals surface area contributed by atoms with Gasteiger partial charge in [0.15, 0.2) is 11.5 Å². The van der Waals surface area contributed by atoms with Crippen LogP contribution in [0.15, 0.2) is 12.1 Å². The van der Waals surface area contributed by atoms with Gasteiger partial charge in [0.2, 0.25) is 12.7 Å². The highest BCUT2D eigenvalue weighted by Crippen LogP contribution is 2.39. The number of carbonyl (C=O) groups is 1. The van der Waals surface area contributed by atoms with E-state index >= 15 is 0 Å². The van der Waals surface area contributed by atoms with Crippen molar-refractivity contribution in [1.82, 2.24) is 0 Å². The Balaban J connectivity index is 2.55. The van der Waals surface area contributed by atoms with Crippen molar-refractivity contribution in [2.24, 2.45) is 5.73 Å². The number of nitrogens with two attached hydrogens (primary N) is 1. The van der Waals surface area contributed by atoms with E-state index in [1.54, 1.807) is 0 Å². The Bertz CT molecular complexity index is 378. The van der Waals surface area contributed by atoms with Crippen LogP contribution in [0.5, 0.6) is 11.5 Å². The number of rotatable bonds is 1. The molecule has 1 heterocycles. The molecule has 0 fully saturated rings. The van der Waals surface area contributed by atoms with Crippen molar-refractivity contribution < 1.29 is 14.3 Å². The number of halogens is 1. The number of fused-ring (bicyclic) bond motifs is 1. The van der Waals surface area contributed by atoms with Gasteiger partial charge in [-0.25, -0.2) is 0 Å². The monoisotopic (exact) mass is 199 g/mol. The van der Waals surface area contributed by atoms with Gasteiger partial charge in [-0.15, -0.1) is 0 Å². The molecule has 0 aliphatic carbocycles. The van der Waals surface area contributed by atoms with E-state index in [0.29, 0.717) is 22.1 Å². The molecule has 68 valence electrons. The Hall–Kier alpha value is -1.42. The summed E-state index contributed by atoms with van der Waals surface area (Å²) in [4.78, 5) is 10.8. The first-order chi connectivity index (χ1) is 6.18. The normalized spacial score (nSPS) is 13.0. The standard InChI is InChI=1S/C8H6ClNO3/c9-5-1-4(8(10)11)2-6-7(5)13-3-12-6/h1-2H,3H2,(H2,10,11). The number of benzene rings is 1. The molecule has 4 nitrogen and oxygen atoms in total. The molecule has 1 aliphatic heterocycles. The smallest absolute Gasteiger partial charge is 0.248 e. The Morgan fingerprint density at radius 3 is 2.92 bits per heavy atom. The first-order valence-corrected chi connectivity index (χ1v) is 3.95. The third kappa shape index (κ3) is 1.29. The molecular formula is C8H6ClNO3. The molecule has 2 rings (SSSR count). The van der Waals surface area contributed by atoms with Crippen LogP contribution in [0.4, 0.5) is 0 Å². The van der Waals surface area contributed by atoms with Gasteiger partial charge in [0.05, 0.1) is 5.02 Å². The fourth-order valence-electron chi connectivity index (χ4n) is 1.11. The van der Waals surface area contributed by atoms with Crippen LogP contribution in [-0.4, -0.2) is 12.7 Å². The van der Waals surface area contributed by atoms with Gasteiger partial charge in [-0.3, -0.25) is 4.79 Å². The van der Waals surface area contributed by atoms with Crippen molar-refractivity contribution in [3.8, 4) is 11.5 Å². The fraction of sp³-hybridized carbons (Fsp3) is 0.125. The van der Waals surface area contributed by atoms with E-state index in [2.05, 4.69) is 0 Å². The summed E-state index contributed by atoms with van der Waals surface area (Å²) in [6.07, 6.45) is 0. The molecule has 0 bridgehead atoms. The summed E-state index contributed by atoms with van der Waals surface area (Å²) in [7, 11) is 0. The number of ether oxygens (including phenoxy) is 2. The number of hydrogen-bond donors (Lipinski definition) is 1. The van der Waals surface area contributed by atoms with E-state index in [9.17, 15) is 4.79 Å². The van der Waals surface area contributed by atoms with Crippen molar-refractivity contribution in [3.05, 3.63) is 22.7 Å². The second-order valence-electron chi connectivity index (χ2n) is 2.56. The largest absolute Gasteiger partial charge is 0.454 e. The molecule has 1 aliphatic rings. The summed E-state index contributed by atoms with van der Waals surface area (Å²) in [5.74, 6) is 0.383. The summed E-state index contributed by atoms with van der Waals surface area (Å²) in [6.45, 7) is 0.122. The Morgan fingerprint density at radius 2 is 2.23 bits per heavy atom. The highest BCUT2D eigenvalue weighted by atomic mass is 35.5. The quantitative estimate of drug-likeness (QED) is 0.739. The van der Waals surface area contributed by atoms with E-state index < -0.39 is 5.91 Å². The first kappa shape index (κ1) is 8.19. The fourth-order valence-corrected chi connectivity index (χ4v) is 1.37. The van der Waals surface area contributed by atoms with Gasteiger partial charge in [0.1, 0.15) is 0 Å². The predicted octanol–water partition coefficient (Wildman–Crippen LogP) is 1.17. The molecule has 0 unspecified atom stereocenters. The predicted molar refractivity (Wildman–Crippen MR) is 46.1 cm³/mol. The van der Waals surface area contributed by atoms with Crippen LogP contribution in [0.2, 0.25) is 5.02 Å². The van der Waals surface area contributed by atoms with Gasteiger partial charge < -0.3 is 15.2 Å². The third-order valence-corrected chi connectivity index (χ3v) is 1.99. The first-order valence-electron chi connectivity index (χ1n) is 3.57. The van der Waals surface area contributed by atoms with Crippen LogP contribution in [0.3, 0.4) is 0 Å². The van der Waals surface area contributed by atoms with Gasteiger partial charge in [-0.1, -0.05) is 11.6 Å². The Morgan fingerprint density at radius 1 is 1.46 bits per heavy atom. The van der Waals surface area contributed by atoms with E-state index in [-0.39, 0.29) is 6.79 Å². The van der Waals surface area contributed by atoms with Crippen molar-refractivity contribution in [2.45, 2.75) is 0 Å². The van der Waals surface area contributed by atoms with E-state index in [1.807, 2.05) is 0 Å². The minimum atomic E-state index is -0.541. The molecular weight excluding hydrogens is 194 g/mol. The molecule has 0 atom stereocenters. The maximum atomic E-state index is 10.8. The molecule has 2 N–H and O–H groups in total. The molecule has 13 heavy (non-hydrogen) atoms. The lowest BCUT2D eigenvalue weighted by Gasteiger charge is -2.00. The minimum Gasteiger partial charge on any atom is -0.454 e. The minimum absolute atomic E-state index is 0.122. The summed E-state index contributed by atoms with van der Waals surface area (Å²) >= 11 is 5.81. The average Bonchev–Trinajstić information content (AvgIpc) is 2.51. The summed E-state index contributed by atoms with van der Waals surface area (Å²) in [5.41, 5.74) is 5.40. The van der Waals surface area contributed by atoms with E-state index in [4.69, 9.17) is 26.8 Å². The number of primary amides is 1. The lowest BCUT2D eigenvalue weighted by molar-refractivity contribution is 0.1000. The topological polar surface area (TPSA) is 61.6 Å². The Labute approximate surface area is 79.2 Å². The van der Waals surface area contributed by atoms with Gasteiger partial charge in [0.25, 0.3) is 0 Å². The maximum absolute atomic E-state index is 10.8. The zero-order chi connectivity index (χ0) is 9.42. The zero-order valence-electron chi connectivity index (χ0n) is 6.54. The molecule has 0 saturated heterocycles. The maximum Gasteiger partial charge on any atom is 0.248 e. The Kier molecular flexibility index (Phi) is 1.77. The van der Waals surface area contributed by atoms with Crippen LogP contribution in [0.1, 0.15) is 10.4 Å². The average molecular weight is 200 g/mol. The highest BCUT2D eigenvalue weighted by molar-refractivity contribution is 6.32. The molecule has 0 radical (unpaired) electrons. The van der Waals surface area contributed by atoms with Crippen molar-refractivity contribution in [3.63, 3.8) is 0 Å². The number of carbonyl (C=O) groups excluding carboxylic acids is 1. The lowest BCUT2D eigenvalue weighted by Crippen LogP contribution is -2.10. The van der Waals surface area contributed by atoms with E-state index in [1.165, 1.54) is 12.1 Å². The molecule has 0 saturated carbocycles. The van der Waals surface area contributed by atoms with Crippen molar-refractivity contribution >= 4 is 17.5 Å². The van der Waals surface area contributed by atoms with Crippen LogP contribution < -0.4 is 15.2 Å². The summed E-state index contributed by atoms with van der Waals surface area (Å²) in [5, 5.41) is 0.337. The molecule has 1 aromatic rings. The van der Waals surface area contributed by atoms with Gasteiger partial charge >= 0.3 is 0 Å². The molecule has 0 spiro atoms. The second-order valence-corrected chi connectivity index (χ2v) is 2.96. The lowest BCUT2D eigenvalue weighted by atomic mass is 10.2. The number of amides is 1. The summed E-state index contributed by atoms with van der Waals surface area (Å²) in [6, 6.07) is 2.97. The SMILES string of the molecule is NC(=O)c1cc(Cl)c2c(c1)OCO2. The van der Waals surface area contributed by atoms with E-state index in [0.717, 1.165) is 0 Å². The molecule has 1 aromatic carbocycles. The van der Waals surface area contributed by atoms with Crippen LogP contribution in [0.25, 0.3) is 0 Å². The van der Waals surface area contributed by atoms with Crippen molar-refractivity contribution in [1.29, 1.82) is 0 Å². The third-order valence-electron chi connectivity index (χ3n) is 1.71. The molecule has 0 aromatic heterocycles. The highest BCUT2D eigenvalue weighted by Gasteiger charge is 2.19. The van der Waals surface area contributed by atoms with Gasteiger partial charge in [0, 0.05) is 5.56 Å². The van der Waals surface area contributed by atoms with Gasteiger partial charge in [-0.2, -0.15) is 0 Å². The van der Waals surface area contributed by atoms with Crippen LogP contribution in [-0.2, 0) is 0 Å². The molecule has 5 heteroatoms. The van der Waals surface area contributed by atoms with Crippen LogP contribution >= 0.6 is 11.6 Å². The zero-order valence-corrected chi connectivity index (χ0v) is 7.30. The van der Waals surface area contributed by atoms with Crippen LogP contribution in [0, 0.1) is 0 Å². The molecule has 1 amide bonds. The van der Waals surface area contributed by atoms with Crippen molar-refractivity contribution in [2.75, 3.05) is 6.79 Å². The number of hydrogen-bond acceptors (Lipinski definition) is 3. The second kappa shape index (κ2) is 2.81.